The summed E-state index contributed by atoms with van der Waals surface area (Å²) in [4.78, 5) is 28.2. The van der Waals surface area contributed by atoms with E-state index < -0.39 is 28.5 Å². The van der Waals surface area contributed by atoms with Crippen LogP contribution in [0.15, 0.2) is 82.2 Å². The van der Waals surface area contributed by atoms with Crippen molar-refractivity contribution in [3.8, 4) is 0 Å². The fourth-order valence-corrected chi connectivity index (χ4v) is 5.73. The lowest BCUT2D eigenvalue weighted by molar-refractivity contribution is -0.139. The molecule has 0 saturated carbocycles. The van der Waals surface area contributed by atoms with E-state index in [0.717, 1.165) is 14.3 Å². The van der Waals surface area contributed by atoms with Crippen LogP contribution in [-0.4, -0.2) is 43.8 Å². The molecule has 1 atom stereocenters. The average molecular weight is 621 g/mol. The molecule has 2 amide bonds. The number of hydrogen-bond donors (Lipinski definition) is 1. The molecule has 0 aromatic heterocycles. The molecule has 0 heterocycles. The fraction of sp³-hybridized carbons (Fsp3) is 0.286. The third-order valence-corrected chi connectivity index (χ3v) is 8.48. The van der Waals surface area contributed by atoms with Gasteiger partial charge in [-0.15, -0.1) is 0 Å². The van der Waals surface area contributed by atoms with Crippen molar-refractivity contribution in [2.24, 2.45) is 0 Å². The summed E-state index contributed by atoms with van der Waals surface area (Å²) in [6, 6.07) is 19.2. The Kier molecular flexibility index (Phi) is 9.98. The van der Waals surface area contributed by atoms with E-state index in [9.17, 15) is 18.0 Å². The number of aryl methyl sites for hydroxylation is 1. The maximum atomic E-state index is 13.9. The summed E-state index contributed by atoms with van der Waals surface area (Å²) in [5.41, 5.74) is 1.86. The van der Waals surface area contributed by atoms with Crippen molar-refractivity contribution in [1.29, 1.82) is 0 Å². The number of rotatable bonds is 10. The van der Waals surface area contributed by atoms with E-state index in [1.165, 1.54) is 29.2 Å². The van der Waals surface area contributed by atoms with Crippen LogP contribution in [0, 0.1) is 6.92 Å². The minimum Gasteiger partial charge on any atom is -0.352 e. The van der Waals surface area contributed by atoms with Gasteiger partial charge in [0, 0.05) is 22.1 Å². The van der Waals surface area contributed by atoms with Crippen LogP contribution < -0.4 is 9.62 Å². The zero-order valence-electron chi connectivity index (χ0n) is 21.7. The van der Waals surface area contributed by atoms with Gasteiger partial charge in [0.1, 0.15) is 12.6 Å². The third-order valence-electron chi connectivity index (χ3n) is 5.93. The van der Waals surface area contributed by atoms with Crippen LogP contribution in [0.4, 0.5) is 5.69 Å². The molecule has 202 valence electrons. The number of hydrogen-bond acceptors (Lipinski definition) is 4. The Labute approximate surface area is 238 Å². The summed E-state index contributed by atoms with van der Waals surface area (Å²) in [6.45, 7) is 6.73. The van der Waals surface area contributed by atoms with Crippen molar-refractivity contribution in [2.75, 3.05) is 10.8 Å². The lowest BCUT2D eigenvalue weighted by atomic mass is 10.1. The molecule has 10 heteroatoms. The topological polar surface area (TPSA) is 86.8 Å². The highest BCUT2D eigenvalue weighted by Crippen LogP contribution is 2.28. The molecule has 7 nitrogen and oxygen atoms in total. The molecule has 1 N–H and O–H groups in total. The minimum absolute atomic E-state index is 0.00279. The van der Waals surface area contributed by atoms with Gasteiger partial charge in [0.25, 0.3) is 10.0 Å². The summed E-state index contributed by atoms with van der Waals surface area (Å²) in [7, 11) is -4.14. The van der Waals surface area contributed by atoms with Gasteiger partial charge in [-0.2, -0.15) is 0 Å². The van der Waals surface area contributed by atoms with Crippen molar-refractivity contribution in [3.05, 3.63) is 93.4 Å². The van der Waals surface area contributed by atoms with E-state index in [2.05, 4.69) is 21.2 Å². The fourth-order valence-electron chi connectivity index (χ4n) is 3.86. The van der Waals surface area contributed by atoms with Gasteiger partial charge in [-0.25, -0.2) is 8.42 Å². The van der Waals surface area contributed by atoms with E-state index >= 15 is 0 Å². The number of benzene rings is 3. The lowest BCUT2D eigenvalue weighted by Crippen LogP contribution is -2.52. The molecule has 0 spiro atoms. The molecule has 3 aromatic carbocycles. The van der Waals surface area contributed by atoms with Crippen molar-refractivity contribution >= 4 is 55.1 Å². The van der Waals surface area contributed by atoms with Crippen molar-refractivity contribution in [2.45, 2.75) is 51.2 Å². The first-order valence-corrected chi connectivity index (χ1v) is 14.7. The summed E-state index contributed by atoms with van der Waals surface area (Å²) >= 11 is 9.39. The second-order valence-electron chi connectivity index (χ2n) is 9.24. The molecule has 0 aliphatic carbocycles. The van der Waals surface area contributed by atoms with Crippen LogP contribution in [-0.2, 0) is 26.2 Å². The Bertz CT molecular complexity index is 1380. The Morgan fingerprint density at radius 3 is 2.13 bits per heavy atom. The molecule has 0 fully saturated rings. The van der Waals surface area contributed by atoms with Crippen LogP contribution in [0.2, 0.25) is 5.02 Å². The number of nitrogens with zero attached hydrogens (tertiary/aromatic N) is 2. The molecule has 0 aliphatic rings. The number of amides is 2. The molecule has 38 heavy (non-hydrogen) atoms. The van der Waals surface area contributed by atoms with Gasteiger partial charge in [0.15, 0.2) is 0 Å². The Morgan fingerprint density at radius 2 is 1.55 bits per heavy atom. The van der Waals surface area contributed by atoms with Crippen LogP contribution >= 0.6 is 27.5 Å². The van der Waals surface area contributed by atoms with Gasteiger partial charge < -0.3 is 10.2 Å². The number of halogens is 2. The largest absolute Gasteiger partial charge is 0.352 e. The van der Waals surface area contributed by atoms with Crippen LogP contribution in [0.1, 0.15) is 31.9 Å². The number of anilines is 1. The first-order chi connectivity index (χ1) is 17.9. The summed E-state index contributed by atoms with van der Waals surface area (Å²) in [5, 5.41) is 3.24. The lowest BCUT2D eigenvalue weighted by Gasteiger charge is -2.32. The summed E-state index contributed by atoms with van der Waals surface area (Å²) in [5.74, 6) is -0.839. The summed E-state index contributed by atoms with van der Waals surface area (Å²) in [6.07, 6.45) is 0. The first kappa shape index (κ1) is 29.7. The normalized spacial score (nSPS) is 12.2. The van der Waals surface area contributed by atoms with E-state index in [1.807, 2.05) is 38.1 Å². The second-order valence-corrected chi connectivity index (χ2v) is 12.5. The van der Waals surface area contributed by atoms with E-state index in [0.29, 0.717) is 16.3 Å². The quantitative estimate of drug-likeness (QED) is 0.322. The van der Waals surface area contributed by atoms with Gasteiger partial charge in [0.2, 0.25) is 11.8 Å². The zero-order valence-corrected chi connectivity index (χ0v) is 24.8. The number of carbonyl (C=O) groups is 2. The second kappa shape index (κ2) is 12.8. The number of nitrogens with one attached hydrogen (secondary N) is 1. The predicted octanol–water partition coefficient (Wildman–Crippen LogP) is 5.55. The monoisotopic (exact) mass is 619 g/mol. The number of para-hydroxylation sites is 1. The molecular formula is C28H31BrClN3O4S. The molecule has 0 bridgehead atoms. The van der Waals surface area contributed by atoms with Gasteiger partial charge in [0.05, 0.1) is 10.6 Å². The molecular weight excluding hydrogens is 590 g/mol. The Morgan fingerprint density at radius 1 is 0.947 bits per heavy atom. The van der Waals surface area contributed by atoms with Crippen molar-refractivity contribution in [1.82, 2.24) is 10.2 Å². The standard InChI is InChI=1S/C28H31BrClN3O4S/c1-19(2)31-28(35)21(4)32(17-22-9-11-23(29)12-10-22)27(34)18-33(26-8-6-5-7-20(26)3)38(36,37)25-15-13-24(30)14-16-25/h5-16,19,21H,17-18H2,1-4H3,(H,31,35)/t21-/m1/s1. The molecule has 3 rings (SSSR count). The van der Waals surface area contributed by atoms with Gasteiger partial charge >= 0.3 is 0 Å². The smallest absolute Gasteiger partial charge is 0.264 e. The maximum absolute atomic E-state index is 13.9. The molecule has 0 saturated heterocycles. The predicted molar refractivity (Wildman–Crippen MR) is 155 cm³/mol. The Hall–Kier alpha value is -2.88. The highest BCUT2D eigenvalue weighted by atomic mass is 79.9. The van der Waals surface area contributed by atoms with Crippen LogP contribution in [0.25, 0.3) is 0 Å². The highest BCUT2D eigenvalue weighted by molar-refractivity contribution is 9.10. The molecule has 3 aromatic rings. The molecule has 0 aliphatic heterocycles. The minimum atomic E-state index is -4.14. The first-order valence-electron chi connectivity index (χ1n) is 12.1. The SMILES string of the molecule is Cc1ccccc1N(CC(=O)N(Cc1ccc(Br)cc1)[C@H](C)C(=O)NC(C)C)S(=O)(=O)c1ccc(Cl)cc1. The molecule has 0 unspecified atom stereocenters. The average Bonchev–Trinajstić information content (AvgIpc) is 2.86. The van der Waals surface area contributed by atoms with Gasteiger partial charge in [-0.1, -0.05) is 57.9 Å². The van der Waals surface area contributed by atoms with Crippen molar-refractivity contribution in [3.63, 3.8) is 0 Å². The number of sulfonamides is 1. The van der Waals surface area contributed by atoms with Crippen molar-refractivity contribution < 1.29 is 18.0 Å². The van der Waals surface area contributed by atoms with E-state index in [1.54, 1.807) is 38.1 Å². The van der Waals surface area contributed by atoms with E-state index in [-0.39, 0.29) is 23.4 Å². The van der Waals surface area contributed by atoms with Crippen LogP contribution in [0.5, 0.6) is 0 Å². The van der Waals surface area contributed by atoms with E-state index in [4.69, 9.17) is 11.6 Å². The molecule has 0 radical (unpaired) electrons. The maximum Gasteiger partial charge on any atom is 0.264 e. The third kappa shape index (κ3) is 7.36. The van der Waals surface area contributed by atoms with Crippen LogP contribution in [0.3, 0.4) is 0 Å². The highest BCUT2D eigenvalue weighted by Gasteiger charge is 2.33. The number of carbonyl (C=O) groups excluding carboxylic acids is 2. The Balaban J connectivity index is 2.04. The zero-order chi connectivity index (χ0) is 28.0. The van der Waals surface area contributed by atoms with Gasteiger partial charge in [-0.3, -0.25) is 13.9 Å². The summed E-state index contributed by atoms with van der Waals surface area (Å²) < 4.78 is 29.6. The van der Waals surface area contributed by atoms with Gasteiger partial charge in [-0.05, 0) is 81.3 Å².